The molecule has 0 aliphatic rings. The zero-order chi connectivity index (χ0) is 17.5. The van der Waals surface area contributed by atoms with Gasteiger partial charge in [-0.1, -0.05) is 43.7 Å². The lowest BCUT2D eigenvalue weighted by Gasteiger charge is -2.13. The maximum Gasteiger partial charge on any atom is 0.214 e. The first-order valence-electron chi connectivity index (χ1n) is 7.44. The van der Waals surface area contributed by atoms with Gasteiger partial charge in [0.2, 0.25) is 10.1 Å². The molecule has 0 fully saturated rings. The second-order valence-corrected chi connectivity index (χ2v) is 9.46. The lowest BCUT2D eigenvalue weighted by atomic mass is 9.93. The SMILES string of the molecule is CS(=O)Cc1cc(Nc2nn3cc(C(C)(C)C)nc3s2)ccc1Cl. The summed E-state index contributed by atoms with van der Waals surface area (Å²) in [6, 6.07) is 5.60. The highest BCUT2D eigenvalue weighted by atomic mass is 35.5. The van der Waals surface area contributed by atoms with E-state index in [1.54, 1.807) is 10.8 Å². The van der Waals surface area contributed by atoms with Crippen LogP contribution in [0.3, 0.4) is 0 Å². The van der Waals surface area contributed by atoms with Gasteiger partial charge in [0, 0.05) is 38.9 Å². The van der Waals surface area contributed by atoms with E-state index in [9.17, 15) is 4.21 Å². The third-order valence-electron chi connectivity index (χ3n) is 3.47. The Hall–Kier alpha value is -1.44. The van der Waals surface area contributed by atoms with Gasteiger partial charge < -0.3 is 5.32 Å². The van der Waals surface area contributed by atoms with Crippen molar-refractivity contribution in [3.63, 3.8) is 0 Å². The standard InChI is InChI=1S/C16H19ClN4OS2/c1-16(2,3)13-8-21-15(19-13)23-14(20-21)18-11-5-6-12(17)10(7-11)9-24(4)22/h5-8H,9H2,1-4H3,(H,18,20). The lowest BCUT2D eigenvalue weighted by molar-refractivity contribution is 0.572. The molecular weight excluding hydrogens is 364 g/mol. The summed E-state index contributed by atoms with van der Waals surface area (Å²) in [5, 5.41) is 9.17. The fraction of sp³-hybridized carbons (Fsp3) is 0.375. The number of benzene rings is 1. The summed E-state index contributed by atoms with van der Waals surface area (Å²) in [5.74, 6) is 0.435. The molecule has 0 radical (unpaired) electrons. The highest BCUT2D eigenvalue weighted by molar-refractivity contribution is 7.83. The van der Waals surface area contributed by atoms with Gasteiger partial charge in [0.05, 0.1) is 11.9 Å². The Balaban J connectivity index is 1.84. The van der Waals surface area contributed by atoms with Crippen molar-refractivity contribution in [1.82, 2.24) is 14.6 Å². The average Bonchev–Trinajstić information content (AvgIpc) is 2.99. The summed E-state index contributed by atoms with van der Waals surface area (Å²) in [4.78, 5) is 5.49. The van der Waals surface area contributed by atoms with E-state index in [-0.39, 0.29) is 5.41 Å². The molecule has 3 rings (SSSR count). The van der Waals surface area contributed by atoms with Gasteiger partial charge in [0.15, 0.2) is 0 Å². The van der Waals surface area contributed by atoms with Crippen molar-refractivity contribution in [3.05, 3.63) is 40.7 Å². The number of fused-ring (bicyclic) bond motifs is 1. The fourth-order valence-electron chi connectivity index (χ4n) is 2.22. The monoisotopic (exact) mass is 382 g/mol. The van der Waals surface area contributed by atoms with Crippen molar-refractivity contribution in [2.45, 2.75) is 31.9 Å². The second kappa shape index (κ2) is 6.46. The minimum Gasteiger partial charge on any atom is -0.330 e. The molecule has 8 heteroatoms. The van der Waals surface area contributed by atoms with E-state index in [1.807, 2.05) is 24.4 Å². The molecule has 24 heavy (non-hydrogen) atoms. The highest BCUT2D eigenvalue weighted by Crippen LogP contribution is 2.29. The zero-order valence-electron chi connectivity index (χ0n) is 14.0. The van der Waals surface area contributed by atoms with Gasteiger partial charge in [0.25, 0.3) is 0 Å². The Labute approximate surface area is 152 Å². The molecule has 1 unspecified atom stereocenters. The largest absolute Gasteiger partial charge is 0.330 e. The molecule has 1 atom stereocenters. The van der Waals surface area contributed by atoms with Gasteiger partial charge in [-0.05, 0) is 23.8 Å². The number of anilines is 2. The van der Waals surface area contributed by atoms with Gasteiger partial charge in [0.1, 0.15) is 0 Å². The van der Waals surface area contributed by atoms with Crippen LogP contribution in [0.25, 0.3) is 4.96 Å². The topological polar surface area (TPSA) is 59.3 Å². The summed E-state index contributed by atoms with van der Waals surface area (Å²) < 4.78 is 13.2. The van der Waals surface area contributed by atoms with E-state index in [4.69, 9.17) is 11.6 Å². The Morgan fingerprint density at radius 3 is 2.75 bits per heavy atom. The molecular formula is C16H19ClN4OS2. The molecule has 0 saturated heterocycles. The molecule has 2 aromatic heterocycles. The predicted molar refractivity (Wildman–Crippen MR) is 102 cm³/mol. The molecule has 3 aromatic rings. The molecule has 128 valence electrons. The maximum atomic E-state index is 11.4. The first-order chi connectivity index (χ1) is 11.2. The van der Waals surface area contributed by atoms with E-state index in [0.717, 1.165) is 27.0 Å². The molecule has 0 bridgehead atoms. The average molecular weight is 383 g/mol. The van der Waals surface area contributed by atoms with E-state index in [2.05, 4.69) is 36.2 Å². The minimum atomic E-state index is -0.938. The van der Waals surface area contributed by atoms with Gasteiger partial charge in [-0.25, -0.2) is 9.50 Å². The molecule has 0 spiro atoms. The maximum absolute atomic E-state index is 11.4. The number of nitrogens with zero attached hydrogens (tertiary/aromatic N) is 3. The molecule has 2 heterocycles. The van der Waals surface area contributed by atoms with E-state index in [1.165, 1.54) is 11.3 Å². The van der Waals surface area contributed by atoms with Gasteiger partial charge in [-0.15, -0.1) is 5.10 Å². The molecule has 1 aromatic carbocycles. The lowest BCUT2D eigenvalue weighted by Crippen LogP contribution is -2.11. The fourth-order valence-corrected chi connectivity index (χ4v) is 3.96. The van der Waals surface area contributed by atoms with E-state index < -0.39 is 10.8 Å². The molecule has 0 saturated carbocycles. The molecule has 5 nitrogen and oxygen atoms in total. The van der Waals surface area contributed by atoms with Gasteiger partial charge in [-0.2, -0.15) is 0 Å². The van der Waals surface area contributed by atoms with Crippen molar-refractivity contribution >= 4 is 49.5 Å². The Kier molecular flexibility index (Phi) is 4.68. The van der Waals surface area contributed by atoms with Crippen LogP contribution in [0.2, 0.25) is 5.02 Å². The number of aromatic nitrogens is 3. The Morgan fingerprint density at radius 2 is 2.12 bits per heavy atom. The highest BCUT2D eigenvalue weighted by Gasteiger charge is 2.19. The molecule has 0 aliphatic heterocycles. The number of imidazole rings is 1. The first-order valence-corrected chi connectivity index (χ1v) is 10.4. The van der Waals surface area contributed by atoms with Gasteiger partial charge >= 0.3 is 0 Å². The van der Waals surface area contributed by atoms with E-state index >= 15 is 0 Å². The summed E-state index contributed by atoms with van der Waals surface area (Å²) in [7, 11) is -0.938. The quantitative estimate of drug-likeness (QED) is 0.728. The van der Waals surface area contributed by atoms with Crippen LogP contribution >= 0.6 is 22.9 Å². The summed E-state index contributed by atoms with van der Waals surface area (Å²) >= 11 is 7.65. The Morgan fingerprint density at radius 1 is 1.38 bits per heavy atom. The summed E-state index contributed by atoms with van der Waals surface area (Å²) in [6.07, 6.45) is 3.63. The van der Waals surface area contributed by atoms with Crippen LogP contribution in [0.1, 0.15) is 32.0 Å². The number of halogens is 1. The number of rotatable bonds is 4. The second-order valence-electron chi connectivity index (χ2n) is 6.66. The van der Waals surface area contributed by atoms with Crippen molar-refractivity contribution in [2.24, 2.45) is 0 Å². The molecule has 0 amide bonds. The Bertz CT molecular complexity index is 879. The van der Waals surface area contributed by atoms with E-state index in [0.29, 0.717) is 10.8 Å². The van der Waals surface area contributed by atoms with Crippen LogP contribution in [-0.4, -0.2) is 25.1 Å². The minimum absolute atomic E-state index is 0.00188. The number of hydrogen-bond donors (Lipinski definition) is 1. The van der Waals surface area contributed by atoms with Crippen LogP contribution in [0.4, 0.5) is 10.8 Å². The van der Waals surface area contributed by atoms with Crippen LogP contribution in [-0.2, 0) is 22.0 Å². The third-order valence-corrected chi connectivity index (χ3v) is 5.39. The van der Waals surface area contributed by atoms with Gasteiger partial charge in [-0.3, -0.25) is 4.21 Å². The van der Waals surface area contributed by atoms with Crippen LogP contribution in [0, 0.1) is 0 Å². The van der Waals surface area contributed by atoms with Crippen LogP contribution in [0.15, 0.2) is 24.4 Å². The first kappa shape index (κ1) is 17.4. The zero-order valence-corrected chi connectivity index (χ0v) is 16.3. The van der Waals surface area contributed by atoms with Crippen molar-refractivity contribution < 1.29 is 4.21 Å². The van der Waals surface area contributed by atoms with Crippen molar-refractivity contribution in [2.75, 3.05) is 11.6 Å². The normalized spacial score (nSPS) is 13.4. The molecule has 1 N–H and O–H groups in total. The summed E-state index contributed by atoms with van der Waals surface area (Å²) in [5.41, 5.74) is 2.75. The van der Waals surface area contributed by atoms with Crippen molar-refractivity contribution in [1.29, 1.82) is 0 Å². The third kappa shape index (κ3) is 3.79. The van der Waals surface area contributed by atoms with Crippen molar-refractivity contribution in [3.8, 4) is 0 Å². The molecule has 0 aliphatic carbocycles. The summed E-state index contributed by atoms with van der Waals surface area (Å²) in [6.45, 7) is 6.39. The number of nitrogens with one attached hydrogen (secondary N) is 1. The number of hydrogen-bond acceptors (Lipinski definition) is 5. The van der Waals surface area contributed by atoms with Crippen LogP contribution < -0.4 is 5.32 Å². The predicted octanol–water partition coefficient (Wildman–Crippen LogP) is 4.36. The van der Waals surface area contributed by atoms with Crippen LogP contribution in [0.5, 0.6) is 0 Å². The smallest absolute Gasteiger partial charge is 0.214 e.